The van der Waals surface area contributed by atoms with Gasteiger partial charge in [0.25, 0.3) is 0 Å². The standard InChI is InChI=1S/C11H15NO/c1-9-5-6-10(4-3-7-12)11(8-9)13-2/h3-6,8H,7,12H2,1-2H3. The summed E-state index contributed by atoms with van der Waals surface area (Å²) in [6, 6.07) is 6.09. The lowest BCUT2D eigenvalue weighted by atomic mass is 10.1. The first-order valence-corrected chi connectivity index (χ1v) is 4.29. The third-order valence-corrected chi connectivity index (χ3v) is 1.82. The molecule has 0 unspecified atom stereocenters. The second-order valence-corrected chi connectivity index (χ2v) is 2.88. The van der Waals surface area contributed by atoms with Gasteiger partial charge in [0.1, 0.15) is 5.75 Å². The van der Waals surface area contributed by atoms with Crippen molar-refractivity contribution < 1.29 is 4.74 Å². The van der Waals surface area contributed by atoms with Crippen molar-refractivity contribution in [1.29, 1.82) is 0 Å². The van der Waals surface area contributed by atoms with Gasteiger partial charge in [-0.05, 0) is 18.6 Å². The molecular formula is C11H15NO. The lowest BCUT2D eigenvalue weighted by Crippen LogP contribution is -1.93. The molecule has 0 heterocycles. The van der Waals surface area contributed by atoms with E-state index in [9.17, 15) is 0 Å². The average molecular weight is 177 g/mol. The number of hydrogen-bond acceptors (Lipinski definition) is 2. The molecule has 70 valence electrons. The minimum absolute atomic E-state index is 0.553. The predicted molar refractivity (Wildman–Crippen MR) is 55.8 cm³/mol. The SMILES string of the molecule is COc1cc(C)ccc1C=CCN. The summed E-state index contributed by atoms with van der Waals surface area (Å²) < 4.78 is 5.23. The van der Waals surface area contributed by atoms with Crippen LogP contribution in [0.2, 0.25) is 0 Å². The van der Waals surface area contributed by atoms with Crippen LogP contribution in [0.5, 0.6) is 5.75 Å². The fourth-order valence-electron chi connectivity index (χ4n) is 1.15. The number of methoxy groups -OCH3 is 1. The number of benzene rings is 1. The highest BCUT2D eigenvalue weighted by atomic mass is 16.5. The molecule has 2 N–H and O–H groups in total. The van der Waals surface area contributed by atoms with Gasteiger partial charge in [-0.1, -0.05) is 24.3 Å². The zero-order valence-corrected chi connectivity index (χ0v) is 8.08. The van der Waals surface area contributed by atoms with Crippen LogP contribution < -0.4 is 10.5 Å². The van der Waals surface area contributed by atoms with Gasteiger partial charge in [-0.3, -0.25) is 0 Å². The Morgan fingerprint density at radius 1 is 1.46 bits per heavy atom. The van der Waals surface area contributed by atoms with Gasteiger partial charge < -0.3 is 10.5 Å². The number of nitrogens with two attached hydrogens (primary N) is 1. The van der Waals surface area contributed by atoms with Crippen LogP contribution in [-0.2, 0) is 0 Å². The molecule has 0 atom stereocenters. The van der Waals surface area contributed by atoms with E-state index in [1.54, 1.807) is 7.11 Å². The Morgan fingerprint density at radius 3 is 2.85 bits per heavy atom. The van der Waals surface area contributed by atoms with Crippen LogP contribution in [0.4, 0.5) is 0 Å². The molecule has 1 aromatic carbocycles. The predicted octanol–water partition coefficient (Wildman–Crippen LogP) is 1.98. The third kappa shape index (κ3) is 2.60. The second kappa shape index (κ2) is 4.67. The summed E-state index contributed by atoms with van der Waals surface area (Å²) in [5.41, 5.74) is 7.63. The number of aryl methyl sites for hydroxylation is 1. The second-order valence-electron chi connectivity index (χ2n) is 2.88. The monoisotopic (exact) mass is 177 g/mol. The van der Waals surface area contributed by atoms with Crippen LogP contribution in [0.1, 0.15) is 11.1 Å². The lowest BCUT2D eigenvalue weighted by Gasteiger charge is -2.05. The van der Waals surface area contributed by atoms with Crippen molar-refractivity contribution in [3.05, 3.63) is 35.4 Å². The Kier molecular flexibility index (Phi) is 3.53. The number of rotatable bonds is 3. The van der Waals surface area contributed by atoms with Gasteiger partial charge in [0.05, 0.1) is 7.11 Å². The molecule has 0 radical (unpaired) electrons. The van der Waals surface area contributed by atoms with E-state index in [1.165, 1.54) is 5.56 Å². The molecule has 0 saturated carbocycles. The molecule has 0 amide bonds. The molecule has 0 saturated heterocycles. The van der Waals surface area contributed by atoms with Gasteiger partial charge in [-0.2, -0.15) is 0 Å². The highest BCUT2D eigenvalue weighted by Crippen LogP contribution is 2.20. The highest BCUT2D eigenvalue weighted by Gasteiger charge is 1.98. The molecule has 1 rings (SSSR count). The number of hydrogen-bond donors (Lipinski definition) is 1. The average Bonchev–Trinajstić information content (AvgIpc) is 2.16. The highest BCUT2D eigenvalue weighted by molar-refractivity contribution is 5.58. The molecule has 0 fully saturated rings. The van der Waals surface area contributed by atoms with Crippen molar-refractivity contribution in [2.24, 2.45) is 5.73 Å². The maximum atomic E-state index is 5.37. The van der Waals surface area contributed by atoms with Crippen LogP contribution in [0.3, 0.4) is 0 Å². The molecule has 13 heavy (non-hydrogen) atoms. The molecule has 0 aliphatic carbocycles. The molecule has 2 heteroatoms. The van der Waals surface area contributed by atoms with Gasteiger partial charge >= 0.3 is 0 Å². The molecule has 0 spiro atoms. The Bertz CT molecular complexity index is 305. The largest absolute Gasteiger partial charge is 0.496 e. The molecular weight excluding hydrogens is 162 g/mol. The number of ether oxygens (including phenoxy) is 1. The summed E-state index contributed by atoms with van der Waals surface area (Å²) in [5.74, 6) is 0.893. The minimum Gasteiger partial charge on any atom is -0.496 e. The van der Waals surface area contributed by atoms with E-state index >= 15 is 0 Å². The topological polar surface area (TPSA) is 35.2 Å². The van der Waals surface area contributed by atoms with Gasteiger partial charge in [-0.15, -0.1) is 0 Å². The van der Waals surface area contributed by atoms with Crippen molar-refractivity contribution in [2.45, 2.75) is 6.92 Å². The molecule has 1 aromatic rings. The van der Waals surface area contributed by atoms with Crippen LogP contribution in [0.15, 0.2) is 24.3 Å². The van der Waals surface area contributed by atoms with Crippen LogP contribution in [-0.4, -0.2) is 13.7 Å². The molecule has 0 bridgehead atoms. The fraction of sp³-hybridized carbons (Fsp3) is 0.273. The maximum absolute atomic E-state index is 5.37. The van der Waals surface area contributed by atoms with Crippen molar-refractivity contribution >= 4 is 6.08 Å². The first-order chi connectivity index (χ1) is 6.27. The van der Waals surface area contributed by atoms with E-state index in [0.717, 1.165) is 11.3 Å². The fourth-order valence-corrected chi connectivity index (χ4v) is 1.15. The summed E-state index contributed by atoms with van der Waals surface area (Å²) in [6.45, 7) is 2.59. The normalized spacial score (nSPS) is 10.7. The van der Waals surface area contributed by atoms with Gasteiger partial charge in [0, 0.05) is 12.1 Å². The van der Waals surface area contributed by atoms with Crippen LogP contribution in [0, 0.1) is 6.92 Å². The van der Waals surface area contributed by atoms with Crippen LogP contribution >= 0.6 is 0 Å². The Hall–Kier alpha value is -1.28. The first kappa shape index (κ1) is 9.81. The van der Waals surface area contributed by atoms with Gasteiger partial charge in [-0.25, -0.2) is 0 Å². The molecule has 0 aliphatic rings. The summed E-state index contributed by atoms with van der Waals surface area (Å²) in [6.07, 6.45) is 3.88. The van der Waals surface area contributed by atoms with Crippen molar-refractivity contribution in [2.75, 3.05) is 13.7 Å². The van der Waals surface area contributed by atoms with Crippen LogP contribution in [0.25, 0.3) is 6.08 Å². The smallest absolute Gasteiger partial charge is 0.126 e. The summed E-state index contributed by atoms with van der Waals surface area (Å²) in [5, 5.41) is 0. The minimum atomic E-state index is 0.553. The van der Waals surface area contributed by atoms with Crippen molar-refractivity contribution in [3.8, 4) is 5.75 Å². The molecule has 2 nitrogen and oxygen atoms in total. The quantitative estimate of drug-likeness (QED) is 0.766. The van der Waals surface area contributed by atoms with E-state index in [1.807, 2.05) is 31.2 Å². The summed E-state index contributed by atoms with van der Waals surface area (Å²) in [7, 11) is 1.68. The van der Waals surface area contributed by atoms with E-state index < -0.39 is 0 Å². The first-order valence-electron chi connectivity index (χ1n) is 4.29. The Balaban J connectivity index is 2.99. The lowest BCUT2D eigenvalue weighted by molar-refractivity contribution is 0.413. The van der Waals surface area contributed by atoms with Gasteiger partial charge in [0.2, 0.25) is 0 Å². The summed E-state index contributed by atoms with van der Waals surface area (Å²) in [4.78, 5) is 0. The van der Waals surface area contributed by atoms with E-state index in [2.05, 4.69) is 6.07 Å². The van der Waals surface area contributed by atoms with Crippen molar-refractivity contribution in [3.63, 3.8) is 0 Å². The molecule has 0 aliphatic heterocycles. The van der Waals surface area contributed by atoms with Crippen molar-refractivity contribution in [1.82, 2.24) is 0 Å². The zero-order chi connectivity index (χ0) is 9.68. The van der Waals surface area contributed by atoms with E-state index in [-0.39, 0.29) is 0 Å². The van der Waals surface area contributed by atoms with E-state index in [4.69, 9.17) is 10.5 Å². The molecule has 0 aromatic heterocycles. The summed E-state index contributed by atoms with van der Waals surface area (Å²) >= 11 is 0. The maximum Gasteiger partial charge on any atom is 0.126 e. The Morgan fingerprint density at radius 2 is 2.23 bits per heavy atom. The van der Waals surface area contributed by atoms with E-state index in [0.29, 0.717) is 6.54 Å². The zero-order valence-electron chi connectivity index (χ0n) is 8.08. The van der Waals surface area contributed by atoms with Gasteiger partial charge in [0.15, 0.2) is 0 Å². The third-order valence-electron chi connectivity index (χ3n) is 1.82. The Labute approximate surface area is 79.0 Å².